The Morgan fingerprint density at radius 1 is 1.27 bits per heavy atom. The summed E-state index contributed by atoms with van der Waals surface area (Å²) in [6.45, 7) is 1.61. The van der Waals surface area contributed by atoms with Crippen LogP contribution in [0.15, 0.2) is 0 Å². The normalized spacial score (nSPS) is 15.7. The highest BCUT2D eigenvalue weighted by atomic mass is 16.7. The van der Waals surface area contributed by atoms with Crippen LogP contribution in [0.3, 0.4) is 0 Å². The highest BCUT2D eigenvalue weighted by molar-refractivity contribution is 6.02. The molecule has 0 aromatic rings. The molecule has 0 radical (unpaired) electrons. The van der Waals surface area contributed by atoms with E-state index in [2.05, 4.69) is 4.84 Å². The molecule has 6 heteroatoms. The van der Waals surface area contributed by atoms with Crippen LogP contribution in [0.2, 0.25) is 0 Å². The fraction of sp³-hybridized carbons (Fsp3) is 0.556. The van der Waals surface area contributed by atoms with Crippen LogP contribution in [0.25, 0.3) is 0 Å². The summed E-state index contributed by atoms with van der Waals surface area (Å²) in [4.78, 5) is 48.5. The highest BCUT2D eigenvalue weighted by Crippen LogP contribution is 2.12. The van der Waals surface area contributed by atoms with E-state index in [1.807, 2.05) is 0 Å². The van der Waals surface area contributed by atoms with E-state index < -0.39 is 24.2 Å². The molecule has 82 valence electrons. The van der Waals surface area contributed by atoms with Gasteiger partial charge in [0.1, 0.15) is 12.2 Å². The van der Waals surface area contributed by atoms with Crippen molar-refractivity contribution in [3.05, 3.63) is 0 Å². The van der Waals surface area contributed by atoms with Crippen LogP contribution in [0.4, 0.5) is 0 Å². The first-order valence-corrected chi connectivity index (χ1v) is 4.63. The molecule has 0 aromatic carbocycles. The van der Waals surface area contributed by atoms with Crippen LogP contribution >= 0.6 is 0 Å². The second kappa shape index (κ2) is 4.68. The largest absolute Gasteiger partial charge is 0.340 e. The maximum atomic E-state index is 11.1. The minimum atomic E-state index is -0.870. The van der Waals surface area contributed by atoms with E-state index in [9.17, 15) is 19.2 Å². The highest BCUT2D eigenvalue weighted by Gasteiger charge is 2.32. The lowest BCUT2D eigenvalue weighted by Crippen LogP contribution is -2.32. The van der Waals surface area contributed by atoms with E-state index >= 15 is 0 Å². The molecule has 0 aliphatic carbocycles. The second-order valence-corrected chi connectivity index (χ2v) is 3.11. The van der Waals surface area contributed by atoms with Crippen molar-refractivity contribution >= 4 is 23.6 Å². The number of nitrogens with zero attached hydrogens (tertiary/aromatic N) is 1. The van der Waals surface area contributed by atoms with Gasteiger partial charge in [0.2, 0.25) is 0 Å². The lowest BCUT2D eigenvalue weighted by molar-refractivity contribution is -0.197. The van der Waals surface area contributed by atoms with Crippen molar-refractivity contribution < 1.29 is 24.0 Å². The average molecular weight is 213 g/mol. The van der Waals surface area contributed by atoms with Crippen LogP contribution < -0.4 is 0 Å². The van der Waals surface area contributed by atoms with Gasteiger partial charge >= 0.3 is 5.97 Å². The number of carbonyl (C=O) groups excluding carboxylic acids is 4. The third-order valence-electron chi connectivity index (χ3n) is 1.93. The number of carbonyl (C=O) groups is 4. The molecule has 0 atom stereocenters. The molecule has 1 fully saturated rings. The zero-order chi connectivity index (χ0) is 11.4. The van der Waals surface area contributed by atoms with Gasteiger partial charge in [0.25, 0.3) is 11.8 Å². The summed E-state index contributed by atoms with van der Waals surface area (Å²) in [5.41, 5.74) is 0. The molecular formula is C9H11NO5. The minimum absolute atomic E-state index is 0.0494. The summed E-state index contributed by atoms with van der Waals surface area (Å²) in [6, 6.07) is 0. The van der Waals surface area contributed by atoms with Gasteiger partial charge in [-0.2, -0.15) is 0 Å². The molecule has 0 bridgehead atoms. The molecule has 0 saturated carbocycles. The predicted molar refractivity (Wildman–Crippen MR) is 47.1 cm³/mol. The van der Waals surface area contributed by atoms with E-state index in [-0.39, 0.29) is 25.0 Å². The van der Waals surface area contributed by atoms with Crippen LogP contribution in [0, 0.1) is 0 Å². The van der Waals surface area contributed by atoms with Gasteiger partial charge in [-0.15, -0.1) is 5.06 Å². The second-order valence-electron chi connectivity index (χ2n) is 3.11. The molecule has 0 N–H and O–H groups in total. The first-order valence-electron chi connectivity index (χ1n) is 4.63. The van der Waals surface area contributed by atoms with Gasteiger partial charge < -0.3 is 4.84 Å². The lowest BCUT2D eigenvalue weighted by atomic mass is 10.2. The Kier molecular flexibility index (Phi) is 3.54. The number of Topliss-reactive ketones (excluding diaryl/α,β-unsaturated/α-hetero) is 1. The minimum Gasteiger partial charge on any atom is -0.330 e. The molecule has 1 saturated heterocycles. The Bertz CT molecular complexity index is 306. The third kappa shape index (κ3) is 2.87. The van der Waals surface area contributed by atoms with Crippen molar-refractivity contribution in [1.82, 2.24) is 5.06 Å². The zero-order valence-electron chi connectivity index (χ0n) is 8.32. The maximum absolute atomic E-state index is 11.1. The quantitative estimate of drug-likeness (QED) is 0.483. The Morgan fingerprint density at radius 3 is 2.27 bits per heavy atom. The molecule has 0 spiro atoms. The number of hydroxylamine groups is 2. The van der Waals surface area contributed by atoms with Crippen molar-refractivity contribution in [3.63, 3.8) is 0 Å². The smallest absolute Gasteiger partial charge is 0.330 e. The lowest BCUT2D eigenvalue weighted by Gasteiger charge is -2.11. The van der Waals surface area contributed by atoms with Gasteiger partial charge in [0, 0.05) is 19.3 Å². The molecule has 0 unspecified atom stereocenters. The monoisotopic (exact) mass is 213 g/mol. The van der Waals surface area contributed by atoms with Crippen molar-refractivity contribution in [1.29, 1.82) is 0 Å². The van der Waals surface area contributed by atoms with Gasteiger partial charge in [-0.3, -0.25) is 14.4 Å². The summed E-state index contributed by atoms with van der Waals surface area (Å²) in [5.74, 6) is -2.25. The topological polar surface area (TPSA) is 80.8 Å². The number of imide groups is 1. The number of ketones is 1. The van der Waals surface area contributed by atoms with Crippen molar-refractivity contribution in [2.45, 2.75) is 32.6 Å². The predicted octanol–water partition coefficient (Wildman–Crippen LogP) is -0.0372. The van der Waals surface area contributed by atoms with Crippen LogP contribution in [0.1, 0.15) is 32.6 Å². The molecule has 6 nitrogen and oxygen atoms in total. The molecule has 1 aliphatic rings. The van der Waals surface area contributed by atoms with Gasteiger partial charge in [0.05, 0.1) is 0 Å². The summed E-state index contributed by atoms with van der Waals surface area (Å²) >= 11 is 0. The standard InChI is InChI=1S/C9H11NO5/c1-2-6(11)5-9(14)15-10-7(12)3-4-8(10)13/h2-5H2,1H3. The zero-order valence-corrected chi connectivity index (χ0v) is 8.32. The van der Waals surface area contributed by atoms with E-state index in [0.29, 0.717) is 5.06 Å². The number of hydrogen-bond donors (Lipinski definition) is 0. The summed E-state index contributed by atoms with van der Waals surface area (Å²) in [5, 5.41) is 0.436. The van der Waals surface area contributed by atoms with E-state index in [0.717, 1.165) is 0 Å². The number of amides is 2. The van der Waals surface area contributed by atoms with E-state index in [1.54, 1.807) is 6.92 Å². The van der Waals surface area contributed by atoms with Crippen molar-refractivity contribution in [2.75, 3.05) is 0 Å². The maximum Gasteiger partial charge on any atom is 0.340 e. The molecule has 1 aliphatic heterocycles. The van der Waals surface area contributed by atoms with Crippen LogP contribution in [0.5, 0.6) is 0 Å². The van der Waals surface area contributed by atoms with Crippen molar-refractivity contribution in [2.24, 2.45) is 0 Å². The molecule has 1 heterocycles. The van der Waals surface area contributed by atoms with Gasteiger partial charge in [-0.1, -0.05) is 6.92 Å². The SMILES string of the molecule is CCC(=O)CC(=O)ON1C(=O)CCC1=O. The molecule has 1 rings (SSSR count). The average Bonchev–Trinajstić information content (AvgIpc) is 2.49. The summed E-state index contributed by atoms with van der Waals surface area (Å²) in [7, 11) is 0. The molecule has 0 aromatic heterocycles. The molecular weight excluding hydrogens is 202 g/mol. The first-order chi connectivity index (χ1) is 7.04. The Balaban J connectivity index is 2.47. The van der Waals surface area contributed by atoms with Gasteiger partial charge in [-0.05, 0) is 0 Å². The first kappa shape index (κ1) is 11.4. The van der Waals surface area contributed by atoms with E-state index in [1.165, 1.54) is 0 Å². The number of rotatable bonds is 4. The third-order valence-corrected chi connectivity index (χ3v) is 1.93. The fourth-order valence-corrected chi connectivity index (χ4v) is 1.08. The Labute approximate surface area is 86.1 Å². The summed E-state index contributed by atoms with van der Waals surface area (Å²) < 4.78 is 0. The number of hydrogen-bond acceptors (Lipinski definition) is 5. The van der Waals surface area contributed by atoms with Gasteiger partial charge in [-0.25, -0.2) is 4.79 Å². The Hall–Kier alpha value is -1.72. The molecule has 15 heavy (non-hydrogen) atoms. The van der Waals surface area contributed by atoms with Crippen LogP contribution in [-0.2, 0) is 24.0 Å². The summed E-state index contributed by atoms with van der Waals surface area (Å²) in [6.07, 6.45) is -0.0910. The van der Waals surface area contributed by atoms with Gasteiger partial charge in [0.15, 0.2) is 0 Å². The molecule has 2 amide bonds. The van der Waals surface area contributed by atoms with E-state index in [4.69, 9.17) is 0 Å². The van der Waals surface area contributed by atoms with Crippen LogP contribution in [-0.4, -0.2) is 28.6 Å². The Morgan fingerprint density at radius 2 is 1.80 bits per heavy atom. The fourth-order valence-electron chi connectivity index (χ4n) is 1.08. The van der Waals surface area contributed by atoms with Crippen molar-refractivity contribution in [3.8, 4) is 0 Å².